The van der Waals surface area contributed by atoms with Gasteiger partial charge in [-0.2, -0.15) is 26.3 Å². The normalized spacial score (nSPS) is 12.8. The van der Waals surface area contributed by atoms with E-state index < -0.39 is 63.1 Å². The molecule has 10 nitrogen and oxygen atoms in total. The van der Waals surface area contributed by atoms with Crippen molar-refractivity contribution in [3.05, 3.63) is 168 Å². The van der Waals surface area contributed by atoms with E-state index in [1.54, 1.807) is 48.5 Å². The van der Waals surface area contributed by atoms with E-state index in [1.165, 1.54) is 0 Å². The van der Waals surface area contributed by atoms with Crippen molar-refractivity contribution < 1.29 is 72.6 Å². The van der Waals surface area contributed by atoms with E-state index in [0.29, 0.717) is 61.9 Å². The van der Waals surface area contributed by atoms with Gasteiger partial charge in [0.15, 0.2) is 9.04 Å². The monoisotopic (exact) mass is 1330 g/mol. The molecule has 0 aliphatic heterocycles. The van der Waals surface area contributed by atoms with Crippen LogP contribution in [-0.4, -0.2) is 75.3 Å². The first-order valence-corrected chi connectivity index (χ1v) is 41.6. The minimum absolute atomic E-state index is 0.0838. The van der Waals surface area contributed by atoms with Gasteiger partial charge in [0.05, 0.1) is 30.4 Å². The van der Waals surface area contributed by atoms with Gasteiger partial charge in [-0.3, -0.25) is 0 Å². The number of hydrogen-bond donors (Lipinski definition) is 0. The molecule has 0 aliphatic carbocycles. The fourth-order valence-electron chi connectivity index (χ4n) is 11.1. The molecule has 2 unspecified atom stereocenters. The summed E-state index contributed by atoms with van der Waals surface area (Å²) in [5, 5.41) is 0. The third-order valence-electron chi connectivity index (χ3n) is 15.7. The number of para-hydroxylation sites is 2. The predicted octanol–water partition coefficient (Wildman–Crippen LogP) is 21.1. The van der Waals surface area contributed by atoms with Crippen LogP contribution in [0.5, 0.6) is 23.0 Å². The molecule has 0 aliphatic rings. The molecular formula is C73H96F6O10Si3. The van der Waals surface area contributed by atoms with Gasteiger partial charge in [0.2, 0.25) is 8.32 Å². The number of esters is 2. The lowest BCUT2D eigenvalue weighted by atomic mass is 10.0. The summed E-state index contributed by atoms with van der Waals surface area (Å²) in [5.41, 5.74) is 5.96. The standard InChI is InChI=1S/C73H96F6O10Si3/c1-8-9-10-17-27-62(84-67-31-20-18-29-65(67)58-42-46-63(47-43-58)85-70(80)60-38-34-56(35-39-60)54-82-52-24-15-11-13-22-50-72(74,75)76)28-26-33-69(91(4,5)89-92(6,7)88-90(2)3)87-68-32-21-19-30-66(68)59-44-48-64(49-45-59)86-71(81)61-40-36-57(37-41-61)55-83-53-25-16-12-14-23-51-73(77,78)79/h18-21,29-32,34-49,62,69,90H,8-17,22-28,33,50-55H2,1-7H3. The SMILES string of the molecule is CCCCCCC(CCCC(Oc1ccccc1-c1ccc(OC(=O)c2ccc(COCCCCCCCC(F)(F)F)cc2)cc1)[Si](C)(C)O[Si](C)(C)O[SiH](C)C)Oc1ccccc1-c1ccc(OC(=O)c2ccc(COCCCCCCCC(F)(F)F)cc2)cc1. The molecule has 6 rings (SSSR count). The molecule has 0 fully saturated rings. The van der Waals surface area contributed by atoms with E-state index in [9.17, 15) is 35.9 Å². The minimum Gasteiger partial charge on any atom is -0.491 e. The van der Waals surface area contributed by atoms with Gasteiger partial charge in [0.1, 0.15) is 28.7 Å². The molecule has 502 valence electrons. The van der Waals surface area contributed by atoms with Crippen LogP contribution in [0.2, 0.25) is 39.3 Å². The Morgan fingerprint density at radius 1 is 0.467 bits per heavy atom. The molecule has 0 aromatic heterocycles. The van der Waals surface area contributed by atoms with Gasteiger partial charge in [-0.25, -0.2) is 9.59 Å². The van der Waals surface area contributed by atoms with E-state index in [-0.39, 0.29) is 24.7 Å². The van der Waals surface area contributed by atoms with Gasteiger partial charge >= 0.3 is 32.9 Å². The molecular weight excluding hydrogens is 1240 g/mol. The van der Waals surface area contributed by atoms with Crippen LogP contribution in [0, 0.1) is 0 Å². The molecule has 0 radical (unpaired) electrons. The fourth-order valence-corrected chi connectivity index (χ4v) is 23.2. The second kappa shape index (κ2) is 38.3. The molecule has 6 aromatic carbocycles. The Hall–Kier alpha value is -6.07. The number of benzene rings is 6. The molecule has 0 heterocycles. The van der Waals surface area contributed by atoms with Crippen molar-refractivity contribution >= 4 is 37.9 Å². The van der Waals surface area contributed by atoms with Crippen LogP contribution in [0.15, 0.2) is 146 Å². The highest BCUT2D eigenvalue weighted by molar-refractivity contribution is 6.85. The molecule has 6 aromatic rings. The first-order chi connectivity index (χ1) is 44.0. The Morgan fingerprint density at radius 3 is 1.33 bits per heavy atom. The summed E-state index contributed by atoms with van der Waals surface area (Å²) < 4.78 is 125. The zero-order chi connectivity index (χ0) is 66.4. The van der Waals surface area contributed by atoms with Crippen LogP contribution in [0.25, 0.3) is 22.3 Å². The summed E-state index contributed by atoms with van der Waals surface area (Å²) in [6.07, 6.45) is 3.95. The summed E-state index contributed by atoms with van der Waals surface area (Å²) in [4.78, 5) is 26.5. The zero-order valence-electron chi connectivity index (χ0n) is 54.9. The van der Waals surface area contributed by atoms with Crippen molar-refractivity contribution in [3.8, 4) is 45.3 Å². The summed E-state index contributed by atoms with van der Waals surface area (Å²) in [5.74, 6) is 1.32. The van der Waals surface area contributed by atoms with Gasteiger partial charge in [-0.05, 0) is 180 Å². The number of carbonyl (C=O) groups is 2. The van der Waals surface area contributed by atoms with E-state index in [1.807, 2.05) is 97.1 Å². The Labute approximate surface area is 546 Å². The lowest BCUT2D eigenvalue weighted by molar-refractivity contribution is -0.136. The number of rotatable bonds is 42. The highest BCUT2D eigenvalue weighted by atomic mass is 28.5. The van der Waals surface area contributed by atoms with Gasteiger partial charge in [-0.15, -0.1) is 0 Å². The highest BCUT2D eigenvalue weighted by Crippen LogP contribution is 2.37. The van der Waals surface area contributed by atoms with Crippen LogP contribution in [0.3, 0.4) is 0 Å². The predicted molar refractivity (Wildman–Crippen MR) is 361 cm³/mol. The van der Waals surface area contributed by atoms with Crippen LogP contribution >= 0.6 is 0 Å². The number of carbonyl (C=O) groups excluding carboxylic acids is 2. The lowest BCUT2D eigenvalue weighted by Gasteiger charge is -2.39. The largest absolute Gasteiger partial charge is 0.491 e. The second-order valence-electron chi connectivity index (χ2n) is 25.0. The van der Waals surface area contributed by atoms with E-state index in [2.05, 4.69) is 46.2 Å². The molecule has 2 atom stereocenters. The van der Waals surface area contributed by atoms with Crippen molar-refractivity contribution in [2.24, 2.45) is 0 Å². The molecule has 0 N–H and O–H groups in total. The Kier molecular flexibility index (Phi) is 31.2. The molecule has 0 amide bonds. The maximum absolute atomic E-state index is 13.3. The maximum atomic E-state index is 13.3. The van der Waals surface area contributed by atoms with E-state index in [4.69, 9.17) is 36.7 Å². The Balaban J connectivity index is 1.06. The van der Waals surface area contributed by atoms with Crippen molar-refractivity contribution in [3.63, 3.8) is 0 Å². The smallest absolute Gasteiger partial charge is 0.389 e. The number of hydrogen-bond acceptors (Lipinski definition) is 10. The van der Waals surface area contributed by atoms with Crippen molar-refractivity contribution in [1.29, 1.82) is 0 Å². The molecule has 0 bridgehead atoms. The van der Waals surface area contributed by atoms with Gasteiger partial charge in [0, 0.05) is 37.2 Å². The molecule has 0 saturated carbocycles. The maximum Gasteiger partial charge on any atom is 0.389 e. The number of alkyl halides is 6. The third kappa shape index (κ3) is 28.3. The second-order valence-corrected chi connectivity index (χ2v) is 35.5. The topological polar surface area (TPSA) is 108 Å². The van der Waals surface area contributed by atoms with Crippen LogP contribution in [0.1, 0.15) is 167 Å². The molecule has 92 heavy (non-hydrogen) atoms. The summed E-state index contributed by atoms with van der Waals surface area (Å²) in [6.45, 7) is 17.0. The Morgan fingerprint density at radius 2 is 0.880 bits per heavy atom. The molecule has 0 saturated heterocycles. The molecule has 19 heteroatoms. The van der Waals surface area contributed by atoms with Gasteiger partial charge in [0.25, 0.3) is 0 Å². The highest BCUT2D eigenvalue weighted by Gasteiger charge is 2.43. The summed E-state index contributed by atoms with van der Waals surface area (Å²) >= 11 is 0. The van der Waals surface area contributed by atoms with Gasteiger partial charge in [-0.1, -0.05) is 150 Å². The van der Waals surface area contributed by atoms with Gasteiger partial charge < -0.3 is 36.7 Å². The Bertz CT molecular complexity index is 3090. The van der Waals surface area contributed by atoms with Crippen LogP contribution in [0.4, 0.5) is 26.3 Å². The fraction of sp³-hybridized carbons (Fsp3) is 0.479. The van der Waals surface area contributed by atoms with Crippen molar-refractivity contribution in [1.82, 2.24) is 0 Å². The lowest BCUT2D eigenvalue weighted by Crippen LogP contribution is -2.56. The average molecular weight is 1330 g/mol. The third-order valence-corrected chi connectivity index (χ3v) is 25.9. The first kappa shape index (κ1) is 75.0. The quantitative estimate of drug-likeness (QED) is 0.0121. The summed E-state index contributed by atoms with van der Waals surface area (Å²) in [7, 11) is -6.62. The first-order valence-electron chi connectivity index (χ1n) is 33.0. The number of halogens is 6. The summed E-state index contributed by atoms with van der Waals surface area (Å²) in [6, 6.07) is 45.0. The zero-order valence-corrected chi connectivity index (χ0v) is 58.1. The van der Waals surface area contributed by atoms with E-state index in [0.717, 1.165) is 135 Å². The molecule has 0 spiro atoms. The van der Waals surface area contributed by atoms with Crippen LogP contribution in [-0.2, 0) is 30.9 Å². The number of unbranched alkanes of at least 4 members (excludes halogenated alkanes) is 11. The average Bonchev–Trinajstić information content (AvgIpc) is 0.848. The number of ether oxygens (including phenoxy) is 6. The van der Waals surface area contributed by atoms with E-state index >= 15 is 0 Å². The minimum atomic E-state index is -4.10. The van der Waals surface area contributed by atoms with Crippen molar-refractivity contribution in [2.75, 3.05) is 13.2 Å². The van der Waals surface area contributed by atoms with Crippen LogP contribution < -0.4 is 18.9 Å². The van der Waals surface area contributed by atoms with Crippen molar-refractivity contribution in [2.45, 2.75) is 212 Å².